The lowest BCUT2D eigenvalue weighted by molar-refractivity contribution is 0.522. The van der Waals surface area contributed by atoms with Crippen LogP contribution < -0.4 is 0 Å². The normalized spacial score (nSPS) is 12.9. The van der Waals surface area contributed by atoms with E-state index in [0.29, 0.717) is 0 Å². The van der Waals surface area contributed by atoms with Gasteiger partial charge in [-0.3, -0.25) is 0 Å². The summed E-state index contributed by atoms with van der Waals surface area (Å²) in [5.41, 5.74) is 3.93. The van der Waals surface area contributed by atoms with Gasteiger partial charge in [-0.2, -0.15) is 0 Å². The van der Waals surface area contributed by atoms with E-state index < -0.39 is 0 Å². The molecule has 1 aromatic rings. The van der Waals surface area contributed by atoms with Crippen molar-refractivity contribution < 1.29 is 0 Å². The number of allylic oxidation sites excluding steroid dienone is 1. The summed E-state index contributed by atoms with van der Waals surface area (Å²) >= 11 is 0. The van der Waals surface area contributed by atoms with Crippen LogP contribution in [0.2, 0.25) is 0 Å². The van der Waals surface area contributed by atoms with Gasteiger partial charge in [-0.15, -0.1) is 0 Å². The third-order valence-corrected chi connectivity index (χ3v) is 3.69. The van der Waals surface area contributed by atoms with Gasteiger partial charge in [0.2, 0.25) is 0 Å². The highest BCUT2D eigenvalue weighted by atomic mass is 14.3. The largest absolute Gasteiger partial charge is 0.0990 e. The molecule has 1 atom stereocenters. The Morgan fingerprint density at radius 3 is 2.22 bits per heavy atom. The molecule has 1 aromatic carbocycles. The first-order chi connectivity index (χ1) is 8.60. The van der Waals surface area contributed by atoms with Gasteiger partial charge in [-0.05, 0) is 24.0 Å². The van der Waals surface area contributed by atoms with Crippen molar-refractivity contribution in [1.82, 2.24) is 0 Å². The Bertz CT molecular complexity index is 387. The summed E-state index contributed by atoms with van der Waals surface area (Å²) in [5.74, 6) is 0. The number of hydrogen-bond donors (Lipinski definition) is 0. The van der Waals surface area contributed by atoms with Crippen LogP contribution in [0.1, 0.15) is 58.6 Å². The molecule has 100 valence electrons. The van der Waals surface area contributed by atoms with Crippen LogP contribution in [0.5, 0.6) is 0 Å². The Morgan fingerprint density at radius 2 is 1.78 bits per heavy atom. The maximum Gasteiger partial charge on any atom is 0.0134 e. The highest BCUT2D eigenvalue weighted by Gasteiger charge is 2.28. The van der Waals surface area contributed by atoms with Crippen molar-refractivity contribution in [2.75, 3.05) is 0 Å². The first-order valence-electron chi connectivity index (χ1n) is 7.00. The van der Waals surface area contributed by atoms with E-state index in [4.69, 9.17) is 0 Å². The van der Waals surface area contributed by atoms with Crippen LogP contribution in [0, 0.1) is 0 Å². The quantitative estimate of drug-likeness (QED) is 0.558. The van der Waals surface area contributed by atoms with Gasteiger partial charge in [0.05, 0.1) is 0 Å². The minimum Gasteiger partial charge on any atom is -0.0990 e. The molecule has 0 aliphatic rings. The summed E-state index contributed by atoms with van der Waals surface area (Å²) in [4.78, 5) is 0. The highest BCUT2D eigenvalue weighted by Crippen LogP contribution is 2.37. The average molecular weight is 244 g/mol. The lowest BCUT2D eigenvalue weighted by atomic mass is 9.72. The summed E-state index contributed by atoms with van der Waals surface area (Å²) in [6, 6.07) is 8.48. The van der Waals surface area contributed by atoms with Gasteiger partial charge in [0.25, 0.3) is 0 Å². The van der Waals surface area contributed by atoms with Crippen molar-refractivity contribution >= 4 is 6.08 Å². The van der Waals surface area contributed by atoms with Crippen LogP contribution in [0.3, 0.4) is 0 Å². The zero-order chi connectivity index (χ0) is 14.2. The summed E-state index contributed by atoms with van der Waals surface area (Å²) in [6.07, 6.45) is 4.03. The first-order valence-corrected chi connectivity index (χ1v) is 7.00. The molecule has 0 heteroatoms. The predicted molar refractivity (Wildman–Crippen MR) is 85.0 cm³/mol. The van der Waals surface area contributed by atoms with Crippen molar-refractivity contribution in [2.24, 2.45) is 0 Å². The van der Waals surface area contributed by atoms with Gasteiger partial charge in [-0.25, -0.2) is 0 Å². The molecule has 0 nitrogen and oxygen atoms in total. The molecule has 0 amide bonds. The molecule has 0 heterocycles. The van der Waals surface area contributed by atoms with E-state index >= 15 is 0 Å². The minimum atomic E-state index is 0.0690. The van der Waals surface area contributed by atoms with E-state index in [0.717, 1.165) is 12.8 Å². The van der Waals surface area contributed by atoms with Gasteiger partial charge in [0.1, 0.15) is 0 Å². The van der Waals surface area contributed by atoms with E-state index in [-0.39, 0.29) is 5.41 Å². The van der Waals surface area contributed by atoms with Crippen LogP contribution in [0.15, 0.2) is 43.0 Å². The Kier molecular flexibility index (Phi) is 7.35. The summed E-state index contributed by atoms with van der Waals surface area (Å²) in [6.45, 7) is 18.8. The molecule has 0 radical (unpaired) electrons. The van der Waals surface area contributed by atoms with E-state index in [9.17, 15) is 0 Å². The zero-order valence-corrected chi connectivity index (χ0v) is 12.7. The van der Waals surface area contributed by atoms with Crippen molar-refractivity contribution in [3.8, 4) is 0 Å². The molecule has 1 rings (SSSR count). The van der Waals surface area contributed by atoms with Crippen molar-refractivity contribution in [3.63, 3.8) is 0 Å². The maximum absolute atomic E-state index is 4.23. The second kappa shape index (κ2) is 7.92. The van der Waals surface area contributed by atoms with Crippen molar-refractivity contribution in [1.29, 1.82) is 0 Å². The summed E-state index contributed by atoms with van der Waals surface area (Å²) in [7, 11) is 0. The molecule has 1 unspecified atom stereocenters. The lowest BCUT2D eigenvalue weighted by Crippen LogP contribution is -2.24. The first kappa shape index (κ1) is 16.7. The third kappa shape index (κ3) is 3.35. The van der Waals surface area contributed by atoms with Gasteiger partial charge in [0, 0.05) is 5.41 Å². The van der Waals surface area contributed by atoms with Crippen LogP contribution in [-0.4, -0.2) is 0 Å². The fourth-order valence-electron chi connectivity index (χ4n) is 2.20. The lowest BCUT2D eigenvalue weighted by Gasteiger charge is -2.32. The van der Waals surface area contributed by atoms with Crippen LogP contribution in [0.4, 0.5) is 0 Å². The minimum absolute atomic E-state index is 0.0690. The molecule has 0 aliphatic heterocycles. The monoisotopic (exact) mass is 244 g/mol. The van der Waals surface area contributed by atoms with Crippen LogP contribution in [-0.2, 0) is 5.41 Å². The Labute approximate surface area is 113 Å². The van der Waals surface area contributed by atoms with Crippen molar-refractivity contribution in [2.45, 2.75) is 52.9 Å². The molecule has 0 spiro atoms. The molecule has 0 aromatic heterocycles. The van der Waals surface area contributed by atoms with E-state index in [1.165, 1.54) is 16.7 Å². The smallest absolute Gasteiger partial charge is 0.0134 e. The number of hydrogen-bond acceptors (Lipinski definition) is 0. The Morgan fingerprint density at radius 1 is 1.22 bits per heavy atom. The molecule has 0 aliphatic carbocycles. The molecule has 0 saturated carbocycles. The summed E-state index contributed by atoms with van der Waals surface area (Å²) in [5, 5.41) is 0. The molecule has 0 fully saturated rings. The zero-order valence-electron chi connectivity index (χ0n) is 12.7. The van der Waals surface area contributed by atoms with Gasteiger partial charge in [0.15, 0.2) is 0 Å². The Balaban J connectivity index is 0.00000137. The Hall–Kier alpha value is -1.30. The maximum atomic E-state index is 4.23. The molecular formula is C18H28. The van der Waals surface area contributed by atoms with E-state index in [2.05, 4.69) is 58.2 Å². The SMILES string of the molecule is C=Cc1ccccc1C(C)(CC)C(=C)CC.CC. The van der Waals surface area contributed by atoms with Gasteiger partial charge >= 0.3 is 0 Å². The van der Waals surface area contributed by atoms with Crippen LogP contribution >= 0.6 is 0 Å². The molecule has 0 bridgehead atoms. The van der Waals surface area contributed by atoms with Gasteiger partial charge < -0.3 is 0 Å². The van der Waals surface area contributed by atoms with Crippen LogP contribution in [0.25, 0.3) is 6.08 Å². The molecule has 0 saturated heterocycles. The second-order valence-corrected chi connectivity index (χ2v) is 4.43. The van der Waals surface area contributed by atoms with E-state index in [1.807, 2.05) is 19.9 Å². The number of benzene rings is 1. The molecule has 0 N–H and O–H groups in total. The standard InChI is InChI=1S/C16H22.C2H6/c1-6-13(4)16(5,8-3)15-12-10-9-11-14(15)7-2;1-2/h7,9-12H,2,4,6,8H2,1,3,5H3;1-2H3. The topological polar surface area (TPSA) is 0 Å². The second-order valence-electron chi connectivity index (χ2n) is 4.43. The van der Waals surface area contributed by atoms with Gasteiger partial charge in [-0.1, -0.05) is 83.7 Å². The fourth-order valence-corrected chi connectivity index (χ4v) is 2.20. The molecular weight excluding hydrogens is 216 g/mol. The van der Waals surface area contributed by atoms with Crippen molar-refractivity contribution in [3.05, 3.63) is 54.1 Å². The molecule has 18 heavy (non-hydrogen) atoms. The summed E-state index contributed by atoms with van der Waals surface area (Å²) < 4.78 is 0. The predicted octanol–water partition coefficient (Wildman–Crippen LogP) is 5.99. The third-order valence-electron chi connectivity index (χ3n) is 3.69. The fraction of sp³-hybridized carbons (Fsp3) is 0.444. The average Bonchev–Trinajstić information content (AvgIpc) is 2.47. The highest BCUT2D eigenvalue weighted by molar-refractivity contribution is 5.56. The number of rotatable bonds is 5. The van der Waals surface area contributed by atoms with E-state index in [1.54, 1.807) is 0 Å².